The van der Waals surface area contributed by atoms with Crippen LogP contribution in [-0.2, 0) is 0 Å². The van der Waals surface area contributed by atoms with Crippen molar-refractivity contribution < 1.29 is 9.59 Å². The molecule has 0 aliphatic heterocycles. The van der Waals surface area contributed by atoms with Crippen LogP contribution in [0.1, 0.15) is 53.1 Å². The van der Waals surface area contributed by atoms with Crippen molar-refractivity contribution in [3.63, 3.8) is 0 Å². The van der Waals surface area contributed by atoms with Crippen molar-refractivity contribution in [3.05, 3.63) is 60.2 Å². The maximum absolute atomic E-state index is 12.1. The van der Waals surface area contributed by atoms with Gasteiger partial charge in [0.2, 0.25) is 0 Å². The predicted octanol–water partition coefficient (Wildman–Crippen LogP) is 2.67. The van der Waals surface area contributed by atoms with Gasteiger partial charge in [-0.25, -0.2) is 0 Å². The summed E-state index contributed by atoms with van der Waals surface area (Å²) in [5, 5.41) is 0. The summed E-state index contributed by atoms with van der Waals surface area (Å²) in [6, 6.07) is 10.9. The van der Waals surface area contributed by atoms with E-state index in [1.807, 2.05) is 24.1 Å². The molecule has 1 fully saturated rings. The number of pyridine rings is 2. The Morgan fingerprint density at radius 3 is 1.96 bits per heavy atom. The Balaban J connectivity index is 0.000000212. The van der Waals surface area contributed by atoms with E-state index in [1.165, 1.54) is 25.5 Å². The van der Waals surface area contributed by atoms with Gasteiger partial charge in [-0.1, -0.05) is 31.4 Å². The van der Waals surface area contributed by atoms with E-state index in [1.54, 1.807) is 30.5 Å². The minimum Gasteiger partial charge on any atom is -0.364 e. The lowest BCUT2D eigenvalue weighted by atomic mass is 9.94. The number of carbonyl (C=O) groups is 2. The third-order valence-electron chi connectivity index (χ3n) is 4.24. The minimum absolute atomic E-state index is 0.0486. The molecule has 2 amide bonds. The van der Waals surface area contributed by atoms with Gasteiger partial charge in [-0.2, -0.15) is 0 Å². The molecule has 1 aliphatic rings. The van der Waals surface area contributed by atoms with E-state index in [9.17, 15) is 9.59 Å². The number of nitrogens with two attached hydrogens (primary N) is 1. The number of aromatic nitrogens is 2. The molecule has 0 aromatic carbocycles. The molecule has 0 saturated heterocycles. The average molecular weight is 340 g/mol. The van der Waals surface area contributed by atoms with Gasteiger partial charge in [0.05, 0.1) is 0 Å². The van der Waals surface area contributed by atoms with Crippen LogP contribution in [0.4, 0.5) is 0 Å². The van der Waals surface area contributed by atoms with Crippen LogP contribution in [-0.4, -0.2) is 39.8 Å². The minimum atomic E-state index is -0.490. The first-order valence-corrected chi connectivity index (χ1v) is 8.48. The van der Waals surface area contributed by atoms with Gasteiger partial charge < -0.3 is 10.6 Å². The van der Waals surface area contributed by atoms with Gasteiger partial charge in [0, 0.05) is 25.5 Å². The van der Waals surface area contributed by atoms with Crippen molar-refractivity contribution >= 4 is 11.8 Å². The van der Waals surface area contributed by atoms with Gasteiger partial charge in [0.25, 0.3) is 11.8 Å². The quantitative estimate of drug-likeness (QED) is 0.930. The van der Waals surface area contributed by atoms with Gasteiger partial charge in [0.15, 0.2) is 0 Å². The Morgan fingerprint density at radius 2 is 1.52 bits per heavy atom. The van der Waals surface area contributed by atoms with E-state index in [-0.39, 0.29) is 5.91 Å². The van der Waals surface area contributed by atoms with Crippen molar-refractivity contribution in [2.75, 3.05) is 7.05 Å². The van der Waals surface area contributed by atoms with E-state index in [2.05, 4.69) is 9.97 Å². The molecule has 1 saturated carbocycles. The Bertz CT molecular complexity index is 670. The highest BCUT2D eigenvalue weighted by atomic mass is 16.2. The second-order valence-corrected chi connectivity index (χ2v) is 6.00. The summed E-state index contributed by atoms with van der Waals surface area (Å²) in [6.07, 6.45) is 9.25. The molecule has 2 heterocycles. The van der Waals surface area contributed by atoms with E-state index < -0.39 is 5.91 Å². The number of hydrogen-bond acceptors (Lipinski definition) is 4. The molecule has 132 valence electrons. The van der Waals surface area contributed by atoms with Crippen LogP contribution in [0.2, 0.25) is 0 Å². The van der Waals surface area contributed by atoms with Gasteiger partial charge in [-0.15, -0.1) is 0 Å². The van der Waals surface area contributed by atoms with Crippen molar-refractivity contribution in [1.29, 1.82) is 0 Å². The van der Waals surface area contributed by atoms with Crippen molar-refractivity contribution in [2.45, 2.75) is 38.1 Å². The standard InChI is InChI=1S/C13H18N2O.C6H6N2O/c1-15(11-7-3-2-4-8-11)13(16)12-9-5-6-10-14-12;7-6(9)5-3-1-2-4-8-5/h5-6,9-11H,2-4,7-8H2,1H3;1-4H,(H2,7,9). The number of rotatable bonds is 3. The van der Waals surface area contributed by atoms with Crippen LogP contribution in [0.5, 0.6) is 0 Å². The molecule has 1 aliphatic carbocycles. The first kappa shape index (κ1) is 18.6. The number of nitrogens with zero attached hydrogens (tertiary/aromatic N) is 3. The van der Waals surface area contributed by atoms with Crippen molar-refractivity contribution in [3.8, 4) is 0 Å². The normalized spacial score (nSPS) is 14.1. The van der Waals surface area contributed by atoms with E-state index in [0.717, 1.165) is 12.8 Å². The average Bonchev–Trinajstić information content (AvgIpc) is 2.69. The monoisotopic (exact) mass is 340 g/mol. The molecule has 6 nitrogen and oxygen atoms in total. The first-order valence-electron chi connectivity index (χ1n) is 8.48. The van der Waals surface area contributed by atoms with E-state index >= 15 is 0 Å². The second kappa shape index (κ2) is 9.52. The van der Waals surface area contributed by atoms with Crippen molar-refractivity contribution in [1.82, 2.24) is 14.9 Å². The summed E-state index contributed by atoms with van der Waals surface area (Å²) in [4.78, 5) is 32.1. The molecular weight excluding hydrogens is 316 g/mol. The summed E-state index contributed by atoms with van der Waals surface area (Å²) >= 11 is 0. The van der Waals surface area contributed by atoms with Crippen LogP contribution in [0.3, 0.4) is 0 Å². The fourth-order valence-corrected chi connectivity index (χ4v) is 2.81. The molecule has 25 heavy (non-hydrogen) atoms. The highest BCUT2D eigenvalue weighted by Crippen LogP contribution is 2.22. The van der Waals surface area contributed by atoms with Gasteiger partial charge >= 0.3 is 0 Å². The third kappa shape index (κ3) is 5.67. The summed E-state index contributed by atoms with van der Waals surface area (Å²) in [6.45, 7) is 0. The summed E-state index contributed by atoms with van der Waals surface area (Å²) < 4.78 is 0. The number of amides is 2. The molecule has 2 N–H and O–H groups in total. The molecule has 2 aromatic rings. The smallest absolute Gasteiger partial charge is 0.272 e. The molecule has 0 radical (unpaired) electrons. The molecule has 2 aromatic heterocycles. The van der Waals surface area contributed by atoms with Crippen molar-refractivity contribution in [2.24, 2.45) is 5.73 Å². The summed E-state index contributed by atoms with van der Waals surface area (Å²) in [5.74, 6) is -0.442. The lowest BCUT2D eigenvalue weighted by Crippen LogP contribution is -2.38. The van der Waals surface area contributed by atoms with Crippen LogP contribution in [0.25, 0.3) is 0 Å². The highest BCUT2D eigenvalue weighted by Gasteiger charge is 2.23. The van der Waals surface area contributed by atoms with Crippen LogP contribution in [0.15, 0.2) is 48.8 Å². The van der Waals surface area contributed by atoms with Gasteiger partial charge in [-0.3, -0.25) is 19.6 Å². The fourth-order valence-electron chi connectivity index (χ4n) is 2.81. The van der Waals surface area contributed by atoms with Crippen LogP contribution in [0, 0.1) is 0 Å². The number of hydrogen-bond donors (Lipinski definition) is 1. The SMILES string of the molecule is CN(C(=O)c1ccccn1)C1CCCCC1.NC(=O)c1ccccn1. The molecule has 0 bridgehead atoms. The maximum atomic E-state index is 12.1. The molecule has 0 atom stereocenters. The molecule has 3 rings (SSSR count). The zero-order valence-electron chi connectivity index (χ0n) is 14.5. The maximum Gasteiger partial charge on any atom is 0.272 e. The van der Waals surface area contributed by atoms with Gasteiger partial charge in [0.1, 0.15) is 11.4 Å². The Labute approximate surface area is 148 Å². The molecule has 6 heteroatoms. The second-order valence-electron chi connectivity index (χ2n) is 6.00. The zero-order valence-corrected chi connectivity index (χ0v) is 14.5. The lowest BCUT2D eigenvalue weighted by Gasteiger charge is -2.30. The number of carbonyl (C=O) groups excluding carboxylic acids is 2. The summed E-state index contributed by atoms with van der Waals surface area (Å²) in [5.41, 5.74) is 5.77. The molecule has 0 unspecified atom stereocenters. The van der Waals surface area contributed by atoms with E-state index in [0.29, 0.717) is 17.4 Å². The predicted molar refractivity (Wildman–Crippen MR) is 96.0 cm³/mol. The van der Waals surface area contributed by atoms with E-state index in [4.69, 9.17) is 5.73 Å². The fraction of sp³-hybridized carbons (Fsp3) is 0.368. The lowest BCUT2D eigenvalue weighted by molar-refractivity contribution is 0.0690. The zero-order chi connectivity index (χ0) is 18.1. The number of primary amides is 1. The summed E-state index contributed by atoms with van der Waals surface area (Å²) in [7, 11) is 1.90. The Hall–Kier alpha value is -2.76. The topological polar surface area (TPSA) is 89.2 Å². The van der Waals surface area contributed by atoms with Gasteiger partial charge in [-0.05, 0) is 37.1 Å². The Kier molecular flexibility index (Phi) is 7.07. The molecular formula is C19H24N4O2. The Morgan fingerprint density at radius 1 is 0.960 bits per heavy atom. The first-order chi connectivity index (χ1) is 12.1. The highest BCUT2D eigenvalue weighted by molar-refractivity contribution is 5.92. The third-order valence-corrected chi connectivity index (χ3v) is 4.24. The van der Waals surface area contributed by atoms with Crippen LogP contribution >= 0.6 is 0 Å². The molecule has 0 spiro atoms. The van der Waals surface area contributed by atoms with Crippen LogP contribution < -0.4 is 5.73 Å². The largest absolute Gasteiger partial charge is 0.364 e.